The number of hydrogen-bond donors (Lipinski definition) is 0. The lowest BCUT2D eigenvalue weighted by Crippen LogP contribution is -1.99. The molecule has 0 amide bonds. The largest absolute Gasteiger partial charge is 0.295 e. The normalized spacial score (nSPS) is 10.1. The summed E-state index contributed by atoms with van der Waals surface area (Å²) in [5.41, 5.74) is -0.310. The Balaban J connectivity index is 3.46. The number of carbonyl (C=O) groups excluding carboxylic acids is 1. The van der Waals surface area contributed by atoms with Crippen molar-refractivity contribution < 1.29 is 13.6 Å². The van der Waals surface area contributed by atoms with E-state index in [1.165, 1.54) is 19.1 Å². The molecule has 0 aromatic heterocycles. The average Bonchev–Trinajstić information content (AvgIpc) is 2.15. The molecule has 2 nitrogen and oxygen atoms in total. The van der Waals surface area contributed by atoms with E-state index in [2.05, 4.69) is 15.9 Å². The van der Waals surface area contributed by atoms with E-state index in [-0.39, 0.29) is 26.9 Å². The van der Waals surface area contributed by atoms with Crippen LogP contribution in [-0.2, 0) is 0 Å². The van der Waals surface area contributed by atoms with Gasteiger partial charge in [-0.25, -0.2) is 8.78 Å². The van der Waals surface area contributed by atoms with E-state index >= 15 is 0 Å². The summed E-state index contributed by atoms with van der Waals surface area (Å²) >= 11 is 2.92. The first kappa shape index (κ1) is 11.8. The zero-order valence-corrected chi connectivity index (χ0v) is 9.31. The molecule has 0 atom stereocenters. The smallest absolute Gasteiger partial charge is 0.266 e. The Morgan fingerprint density at radius 2 is 2.13 bits per heavy atom. The summed E-state index contributed by atoms with van der Waals surface area (Å²) < 4.78 is 25.2. The third-order valence-electron chi connectivity index (χ3n) is 1.87. The van der Waals surface area contributed by atoms with Crippen molar-refractivity contribution in [1.29, 1.82) is 5.26 Å². The summed E-state index contributed by atoms with van der Waals surface area (Å²) in [5.74, 6) is -0.270. The summed E-state index contributed by atoms with van der Waals surface area (Å²) in [5, 5.41) is 8.68. The number of nitrogens with zero attached hydrogens (tertiary/aromatic N) is 1. The molecule has 0 N–H and O–H groups in total. The van der Waals surface area contributed by atoms with Crippen molar-refractivity contribution >= 4 is 21.7 Å². The zero-order chi connectivity index (χ0) is 11.6. The van der Waals surface area contributed by atoms with Crippen LogP contribution in [0.1, 0.15) is 34.8 Å². The molecule has 0 saturated carbocycles. The second-order valence-corrected chi connectivity index (χ2v) is 3.74. The first-order valence-corrected chi connectivity index (χ1v) is 4.79. The summed E-state index contributed by atoms with van der Waals surface area (Å²) in [7, 11) is 0. The highest BCUT2D eigenvalue weighted by atomic mass is 79.9. The molecule has 0 unspecified atom stereocenters. The quantitative estimate of drug-likeness (QED) is 0.775. The third-order valence-corrected chi connectivity index (χ3v) is 2.53. The highest BCUT2D eigenvalue weighted by Crippen LogP contribution is 2.31. The zero-order valence-electron chi connectivity index (χ0n) is 7.72. The van der Waals surface area contributed by atoms with Crippen LogP contribution in [0.2, 0.25) is 0 Å². The molecule has 0 radical (unpaired) electrons. The van der Waals surface area contributed by atoms with Crippen molar-refractivity contribution in [2.75, 3.05) is 0 Å². The molecule has 0 saturated heterocycles. The van der Waals surface area contributed by atoms with E-state index in [9.17, 15) is 13.6 Å². The van der Waals surface area contributed by atoms with E-state index in [0.29, 0.717) is 0 Å². The highest BCUT2D eigenvalue weighted by Gasteiger charge is 2.18. The van der Waals surface area contributed by atoms with Gasteiger partial charge in [-0.3, -0.25) is 4.79 Å². The van der Waals surface area contributed by atoms with Gasteiger partial charge >= 0.3 is 0 Å². The first-order valence-electron chi connectivity index (χ1n) is 4.00. The Kier molecular flexibility index (Phi) is 3.53. The predicted octanol–water partition coefficient (Wildman–Crippen LogP) is 3.46. The van der Waals surface area contributed by atoms with Crippen molar-refractivity contribution in [1.82, 2.24) is 0 Å². The Labute approximate surface area is 93.6 Å². The molecule has 1 aromatic carbocycles. The number of halogens is 3. The number of rotatable bonds is 2. The van der Waals surface area contributed by atoms with Crippen molar-refractivity contribution in [3.05, 3.63) is 33.3 Å². The number of nitriles is 1. The Morgan fingerprint density at radius 1 is 1.53 bits per heavy atom. The van der Waals surface area contributed by atoms with Gasteiger partial charge in [0.15, 0.2) is 5.78 Å². The van der Waals surface area contributed by atoms with E-state index in [1.54, 1.807) is 6.07 Å². The fraction of sp³-hybridized carbons (Fsp3) is 0.200. The molecule has 1 aromatic rings. The minimum absolute atomic E-state index is 0.0850. The molecule has 5 heteroatoms. The molecule has 78 valence electrons. The molecule has 15 heavy (non-hydrogen) atoms. The van der Waals surface area contributed by atoms with Gasteiger partial charge in [0.05, 0.1) is 11.6 Å². The molecule has 0 aliphatic carbocycles. The number of hydrogen-bond acceptors (Lipinski definition) is 2. The minimum atomic E-state index is -2.74. The van der Waals surface area contributed by atoms with Crippen LogP contribution in [0.25, 0.3) is 0 Å². The summed E-state index contributed by atoms with van der Waals surface area (Å²) in [6.07, 6.45) is -2.74. The van der Waals surface area contributed by atoms with Gasteiger partial charge in [0.25, 0.3) is 6.43 Å². The number of Topliss-reactive ketones (excluding diaryl/α,β-unsaturated/α-hetero) is 1. The lowest BCUT2D eigenvalue weighted by atomic mass is 10.0. The number of ketones is 1. The van der Waals surface area contributed by atoms with Gasteiger partial charge in [0.2, 0.25) is 0 Å². The van der Waals surface area contributed by atoms with E-state index in [1.807, 2.05) is 0 Å². The molecule has 0 heterocycles. The van der Waals surface area contributed by atoms with Gasteiger partial charge in [0, 0.05) is 15.6 Å². The maximum absolute atomic E-state index is 12.5. The number of benzene rings is 1. The van der Waals surface area contributed by atoms with E-state index < -0.39 is 6.43 Å². The van der Waals surface area contributed by atoms with Gasteiger partial charge in [-0.1, -0.05) is 15.9 Å². The molecular weight excluding hydrogens is 268 g/mol. The molecular formula is C10H6BrF2NO. The molecule has 0 bridgehead atoms. The van der Waals surface area contributed by atoms with Gasteiger partial charge in [-0.2, -0.15) is 5.26 Å². The van der Waals surface area contributed by atoms with Crippen LogP contribution in [0, 0.1) is 11.3 Å². The van der Waals surface area contributed by atoms with Crippen molar-refractivity contribution in [2.45, 2.75) is 13.3 Å². The lowest BCUT2D eigenvalue weighted by Gasteiger charge is -2.07. The van der Waals surface area contributed by atoms with Crippen LogP contribution >= 0.6 is 15.9 Å². The van der Waals surface area contributed by atoms with Crippen LogP contribution in [0.15, 0.2) is 16.6 Å². The molecule has 0 spiro atoms. The topological polar surface area (TPSA) is 40.9 Å². The van der Waals surface area contributed by atoms with Crippen LogP contribution < -0.4 is 0 Å². The summed E-state index contributed by atoms with van der Waals surface area (Å²) in [6, 6.07) is 4.12. The van der Waals surface area contributed by atoms with Gasteiger partial charge in [-0.15, -0.1) is 0 Å². The molecule has 0 fully saturated rings. The predicted molar refractivity (Wildman–Crippen MR) is 53.8 cm³/mol. The van der Waals surface area contributed by atoms with Crippen molar-refractivity contribution in [2.24, 2.45) is 0 Å². The van der Waals surface area contributed by atoms with Crippen LogP contribution in [0.5, 0.6) is 0 Å². The summed E-state index contributed by atoms with van der Waals surface area (Å²) in [4.78, 5) is 11.0. The Bertz CT molecular complexity index is 451. The Hall–Kier alpha value is -1.28. The molecule has 0 aliphatic heterocycles. The number of carbonyl (C=O) groups is 1. The molecule has 1 rings (SSSR count). The monoisotopic (exact) mass is 273 g/mol. The average molecular weight is 274 g/mol. The summed E-state index contributed by atoms with van der Waals surface area (Å²) in [6.45, 7) is 1.31. The van der Waals surface area contributed by atoms with Crippen LogP contribution in [-0.4, -0.2) is 5.78 Å². The highest BCUT2D eigenvalue weighted by molar-refractivity contribution is 9.10. The lowest BCUT2D eigenvalue weighted by molar-refractivity contribution is 0.101. The second kappa shape index (κ2) is 4.49. The SMILES string of the molecule is CC(=O)c1cc(Br)c(C(F)F)c(C#N)c1. The fourth-order valence-electron chi connectivity index (χ4n) is 1.14. The maximum Gasteiger partial charge on any atom is 0.266 e. The third kappa shape index (κ3) is 2.39. The van der Waals surface area contributed by atoms with Crippen LogP contribution in [0.3, 0.4) is 0 Å². The van der Waals surface area contributed by atoms with Gasteiger partial charge in [0.1, 0.15) is 0 Å². The van der Waals surface area contributed by atoms with E-state index in [0.717, 1.165) is 0 Å². The standard InChI is InChI=1S/C10H6BrF2NO/c1-5(15)6-2-7(4-14)9(10(12)13)8(11)3-6/h2-3,10H,1H3. The first-order chi connectivity index (χ1) is 6.97. The van der Waals surface area contributed by atoms with Crippen LogP contribution in [0.4, 0.5) is 8.78 Å². The maximum atomic E-state index is 12.5. The van der Waals surface area contributed by atoms with E-state index in [4.69, 9.17) is 5.26 Å². The van der Waals surface area contributed by atoms with Gasteiger partial charge in [-0.05, 0) is 19.1 Å². The second-order valence-electron chi connectivity index (χ2n) is 2.89. The van der Waals surface area contributed by atoms with Crippen molar-refractivity contribution in [3.8, 4) is 6.07 Å². The van der Waals surface area contributed by atoms with Gasteiger partial charge < -0.3 is 0 Å². The number of alkyl halides is 2. The van der Waals surface area contributed by atoms with Crippen molar-refractivity contribution in [3.63, 3.8) is 0 Å². The minimum Gasteiger partial charge on any atom is -0.295 e. The molecule has 0 aliphatic rings. The Morgan fingerprint density at radius 3 is 2.53 bits per heavy atom. The fourth-order valence-corrected chi connectivity index (χ4v) is 1.77.